The SMILES string of the molecule is COc1ccc(CCC2(CCN)CCCC2)c(OC)c1. The van der Waals surface area contributed by atoms with Crippen molar-refractivity contribution >= 4 is 0 Å². The molecule has 1 aliphatic rings. The standard InChI is InChI=1S/C17H27NO2/c1-19-15-6-5-14(16(13-15)20-2)7-10-17(11-12-18)8-3-4-9-17/h5-6,13H,3-4,7-12,18H2,1-2H3. The van der Waals surface area contributed by atoms with Crippen LogP contribution in [0.1, 0.15) is 44.1 Å². The van der Waals surface area contributed by atoms with Crippen molar-refractivity contribution in [2.24, 2.45) is 11.1 Å². The Morgan fingerprint density at radius 3 is 2.45 bits per heavy atom. The summed E-state index contributed by atoms with van der Waals surface area (Å²) >= 11 is 0. The highest BCUT2D eigenvalue weighted by Gasteiger charge is 2.32. The molecule has 3 heteroatoms. The van der Waals surface area contributed by atoms with Gasteiger partial charge in [0.15, 0.2) is 0 Å². The predicted molar refractivity (Wildman–Crippen MR) is 82.4 cm³/mol. The van der Waals surface area contributed by atoms with Gasteiger partial charge in [0.25, 0.3) is 0 Å². The minimum Gasteiger partial charge on any atom is -0.497 e. The number of hydrogen-bond acceptors (Lipinski definition) is 3. The maximum Gasteiger partial charge on any atom is 0.125 e. The number of hydrogen-bond donors (Lipinski definition) is 1. The molecule has 0 saturated heterocycles. The molecule has 0 atom stereocenters. The van der Waals surface area contributed by atoms with Crippen molar-refractivity contribution in [3.8, 4) is 11.5 Å². The molecule has 0 unspecified atom stereocenters. The van der Waals surface area contributed by atoms with E-state index in [-0.39, 0.29) is 0 Å². The van der Waals surface area contributed by atoms with Crippen LogP contribution in [0.25, 0.3) is 0 Å². The van der Waals surface area contributed by atoms with Gasteiger partial charge in [0.1, 0.15) is 11.5 Å². The Morgan fingerprint density at radius 1 is 1.10 bits per heavy atom. The summed E-state index contributed by atoms with van der Waals surface area (Å²) in [5.41, 5.74) is 7.56. The van der Waals surface area contributed by atoms with E-state index in [2.05, 4.69) is 6.07 Å². The molecule has 1 aromatic carbocycles. The molecule has 1 aromatic rings. The minimum absolute atomic E-state index is 0.472. The Kier molecular flexibility index (Phi) is 5.30. The second-order valence-electron chi connectivity index (χ2n) is 5.92. The third kappa shape index (κ3) is 3.45. The molecule has 112 valence electrons. The quantitative estimate of drug-likeness (QED) is 0.829. The van der Waals surface area contributed by atoms with Crippen LogP contribution < -0.4 is 15.2 Å². The van der Waals surface area contributed by atoms with Gasteiger partial charge in [0, 0.05) is 6.07 Å². The maximum atomic E-state index is 5.82. The number of nitrogens with two attached hydrogens (primary N) is 1. The molecule has 1 fully saturated rings. The van der Waals surface area contributed by atoms with Crippen LogP contribution in [-0.4, -0.2) is 20.8 Å². The van der Waals surface area contributed by atoms with Crippen LogP contribution in [0.5, 0.6) is 11.5 Å². The number of rotatable bonds is 7. The molecule has 0 spiro atoms. The van der Waals surface area contributed by atoms with Crippen LogP contribution in [0.4, 0.5) is 0 Å². The summed E-state index contributed by atoms with van der Waals surface area (Å²) in [4.78, 5) is 0. The van der Waals surface area contributed by atoms with Crippen molar-refractivity contribution in [3.05, 3.63) is 23.8 Å². The molecule has 1 aliphatic carbocycles. The molecular weight excluding hydrogens is 250 g/mol. The maximum absolute atomic E-state index is 5.82. The van der Waals surface area contributed by atoms with Crippen molar-refractivity contribution in [3.63, 3.8) is 0 Å². The van der Waals surface area contributed by atoms with E-state index in [1.807, 2.05) is 12.1 Å². The molecule has 0 bridgehead atoms. The van der Waals surface area contributed by atoms with E-state index >= 15 is 0 Å². The van der Waals surface area contributed by atoms with E-state index in [1.165, 1.54) is 37.7 Å². The third-order valence-electron chi connectivity index (χ3n) is 4.76. The Morgan fingerprint density at radius 2 is 1.85 bits per heavy atom. The molecule has 0 radical (unpaired) electrons. The largest absolute Gasteiger partial charge is 0.497 e. The Labute approximate surface area is 122 Å². The van der Waals surface area contributed by atoms with Gasteiger partial charge in [-0.2, -0.15) is 0 Å². The average Bonchev–Trinajstić information content (AvgIpc) is 2.94. The number of aryl methyl sites for hydroxylation is 1. The molecule has 1 saturated carbocycles. The predicted octanol–water partition coefficient (Wildman–Crippen LogP) is 3.55. The van der Waals surface area contributed by atoms with Crippen molar-refractivity contribution in [2.45, 2.75) is 44.9 Å². The van der Waals surface area contributed by atoms with Crippen molar-refractivity contribution in [2.75, 3.05) is 20.8 Å². The smallest absolute Gasteiger partial charge is 0.125 e. The second-order valence-corrected chi connectivity index (χ2v) is 5.92. The first kappa shape index (κ1) is 15.2. The van der Waals surface area contributed by atoms with Crippen LogP contribution in [0.3, 0.4) is 0 Å². The zero-order chi connectivity index (χ0) is 14.4. The number of benzene rings is 1. The van der Waals surface area contributed by atoms with Crippen LogP contribution in [0.2, 0.25) is 0 Å². The zero-order valence-corrected chi connectivity index (χ0v) is 12.8. The van der Waals surface area contributed by atoms with Crippen molar-refractivity contribution < 1.29 is 9.47 Å². The second kappa shape index (κ2) is 6.98. The highest BCUT2D eigenvalue weighted by Crippen LogP contribution is 2.45. The molecule has 2 rings (SSSR count). The Bertz CT molecular complexity index is 425. The number of methoxy groups -OCH3 is 2. The van der Waals surface area contributed by atoms with Gasteiger partial charge in [0.2, 0.25) is 0 Å². The molecule has 2 N–H and O–H groups in total. The first-order valence-corrected chi connectivity index (χ1v) is 7.64. The van der Waals surface area contributed by atoms with Gasteiger partial charge in [-0.15, -0.1) is 0 Å². The fraction of sp³-hybridized carbons (Fsp3) is 0.647. The molecule has 3 nitrogen and oxygen atoms in total. The van der Waals surface area contributed by atoms with Gasteiger partial charge in [-0.3, -0.25) is 0 Å². The monoisotopic (exact) mass is 277 g/mol. The number of ether oxygens (including phenoxy) is 2. The fourth-order valence-electron chi connectivity index (χ4n) is 3.51. The lowest BCUT2D eigenvalue weighted by Gasteiger charge is -2.29. The molecule has 20 heavy (non-hydrogen) atoms. The highest BCUT2D eigenvalue weighted by molar-refractivity contribution is 5.40. The van der Waals surface area contributed by atoms with Gasteiger partial charge >= 0.3 is 0 Å². The summed E-state index contributed by atoms with van der Waals surface area (Å²) in [6.45, 7) is 0.805. The van der Waals surface area contributed by atoms with Crippen molar-refractivity contribution in [1.29, 1.82) is 0 Å². The molecule has 0 aromatic heterocycles. The van der Waals surface area contributed by atoms with Crippen LogP contribution >= 0.6 is 0 Å². The summed E-state index contributed by atoms with van der Waals surface area (Å²) in [6.07, 6.45) is 8.83. The van der Waals surface area contributed by atoms with E-state index in [4.69, 9.17) is 15.2 Å². The van der Waals surface area contributed by atoms with Gasteiger partial charge in [-0.1, -0.05) is 18.9 Å². The molecule has 0 amide bonds. The van der Waals surface area contributed by atoms with Gasteiger partial charge in [-0.25, -0.2) is 0 Å². The van der Waals surface area contributed by atoms with Crippen LogP contribution in [0, 0.1) is 5.41 Å². The Hall–Kier alpha value is -1.22. The lowest BCUT2D eigenvalue weighted by atomic mass is 9.77. The topological polar surface area (TPSA) is 44.5 Å². The van der Waals surface area contributed by atoms with E-state index in [1.54, 1.807) is 14.2 Å². The minimum atomic E-state index is 0.472. The lowest BCUT2D eigenvalue weighted by Crippen LogP contribution is -2.21. The normalized spacial score (nSPS) is 17.1. The van der Waals surface area contributed by atoms with E-state index in [9.17, 15) is 0 Å². The molecular formula is C17H27NO2. The van der Waals surface area contributed by atoms with E-state index < -0.39 is 0 Å². The van der Waals surface area contributed by atoms with Gasteiger partial charge in [-0.05, 0) is 55.7 Å². The average molecular weight is 277 g/mol. The van der Waals surface area contributed by atoms with Crippen LogP contribution in [-0.2, 0) is 6.42 Å². The lowest BCUT2D eigenvalue weighted by molar-refractivity contribution is 0.252. The van der Waals surface area contributed by atoms with Crippen LogP contribution in [0.15, 0.2) is 18.2 Å². The fourth-order valence-corrected chi connectivity index (χ4v) is 3.51. The van der Waals surface area contributed by atoms with Gasteiger partial charge in [0.05, 0.1) is 14.2 Å². The molecule has 0 aliphatic heterocycles. The summed E-state index contributed by atoms with van der Waals surface area (Å²) in [6, 6.07) is 6.12. The first-order chi connectivity index (χ1) is 9.73. The summed E-state index contributed by atoms with van der Waals surface area (Å²) in [5, 5.41) is 0. The van der Waals surface area contributed by atoms with E-state index in [0.29, 0.717) is 5.41 Å². The Balaban J connectivity index is 2.05. The third-order valence-corrected chi connectivity index (χ3v) is 4.76. The first-order valence-electron chi connectivity index (χ1n) is 7.64. The summed E-state index contributed by atoms with van der Waals surface area (Å²) in [7, 11) is 3.41. The summed E-state index contributed by atoms with van der Waals surface area (Å²) in [5.74, 6) is 1.79. The summed E-state index contributed by atoms with van der Waals surface area (Å²) < 4.78 is 10.7. The highest BCUT2D eigenvalue weighted by atomic mass is 16.5. The molecule has 0 heterocycles. The van der Waals surface area contributed by atoms with Gasteiger partial charge < -0.3 is 15.2 Å². The van der Waals surface area contributed by atoms with Crippen molar-refractivity contribution in [1.82, 2.24) is 0 Å². The van der Waals surface area contributed by atoms with E-state index in [0.717, 1.165) is 30.9 Å². The zero-order valence-electron chi connectivity index (χ0n) is 12.8.